The molecule has 3 nitrogen and oxygen atoms in total. The van der Waals surface area contributed by atoms with E-state index in [-0.39, 0.29) is 0 Å². The largest absolute Gasteiger partial charge is 0.291 e. The highest BCUT2D eigenvalue weighted by atomic mass is 15.1. The van der Waals surface area contributed by atoms with Gasteiger partial charge in [-0.05, 0) is 100 Å². The summed E-state index contributed by atoms with van der Waals surface area (Å²) in [4.78, 5) is 9.23. The summed E-state index contributed by atoms with van der Waals surface area (Å²) < 4.78 is 1.97. The number of nitrogens with zero attached hydrogens (tertiary/aromatic N) is 3. The van der Waals surface area contributed by atoms with Crippen LogP contribution in [0.1, 0.15) is 22.3 Å². The van der Waals surface area contributed by atoms with Crippen LogP contribution in [0, 0.1) is 0 Å². The fourth-order valence-electron chi connectivity index (χ4n) is 9.69. The van der Waals surface area contributed by atoms with Crippen LogP contribution in [0.4, 0.5) is 0 Å². The second-order valence-corrected chi connectivity index (χ2v) is 14.1. The van der Waals surface area contributed by atoms with Crippen molar-refractivity contribution in [3.8, 4) is 44.6 Å². The molecular formula is C49H29N3. The molecule has 52 heavy (non-hydrogen) atoms. The van der Waals surface area contributed by atoms with Crippen LogP contribution in [0.3, 0.4) is 0 Å². The molecular weight excluding hydrogens is 631 g/mol. The molecule has 0 saturated heterocycles. The van der Waals surface area contributed by atoms with Crippen LogP contribution in [0.5, 0.6) is 0 Å². The predicted molar refractivity (Wildman–Crippen MR) is 213 cm³/mol. The quantitative estimate of drug-likeness (QED) is 0.173. The maximum atomic E-state index is 4.80. The zero-order chi connectivity index (χ0) is 34.0. The maximum Gasteiger partial charge on any atom is 0.234 e. The smallest absolute Gasteiger partial charge is 0.234 e. The van der Waals surface area contributed by atoms with Crippen LogP contribution < -0.4 is 0 Å². The highest BCUT2D eigenvalue weighted by molar-refractivity contribution is 6.24. The van der Waals surface area contributed by atoms with E-state index < -0.39 is 5.41 Å². The Morgan fingerprint density at radius 1 is 0.442 bits per heavy atom. The van der Waals surface area contributed by atoms with Gasteiger partial charge in [-0.3, -0.25) is 4.40 Å². The Hall–Kier alpha value is -6.84. The topological polar surface area (TPSA) is 30.2 Å². The van der Waals surface area contributed by atoms with Crippen molar-refractivity contribution in [1.82, 2.24) is 14.4 Å². The third-order valence-corrected chi connectivity index (χ3v) is 11.7. The second kappa shape index (κ2) is 10.1. The van der Waals surface area contributed by atoms with Crippen molar-refractivity contribution in [2.75, 3.05) is 0 Å². The van der Waals surface area contributed by atoms with Gasteiger partial charge in [0.25, 0.3) is 0 Å². The Morgan fingerprint density at radius 2 is 1.00 bits per heavy atom. The fraction of sp³-hybridized carbons (Fsp3) is 0.0204. The van der Waals surface area contributed by atoms with Gasteiger partial charge in [0.15, 0.2) is 0 Å². The van der Waals surface area contributed by atoms with Crippen LogP contribution in [-0.4, -0.2) is 14.4 Å². The summed E-state index contributed by atoms with van der Waals surface area (Å²) in [5, 5.41) is 7.76. The van der Waals surface area contributed by atoms with Gasteiger partial charge in [0.2, 0.25) is 5.78 Å². The van der Waals surface area contributed by atoms with Crippen molar-refractivity contribution in [2.45, 2.75) is 5.41 Å². The molecule has 8 aromatic carbocycles. The predicted octanol–water partition coefficient (Wildman–Crippen LogP) is 11.9. The van der Waals surface area contributed by atoms with Crippen LogP contribution >= 0.6 is 0 Å². The molecule has 0 bridgehead atoms. The van der Waals surface area contributed by atoms with E-state index in [0.717, 1.165) is 11.3 Å². The molecule has 0 fully saturated rings. The lowest BCUT2D eigenvalue weighted by atomic mass is 9.68. The fourth-order valence-corrected chi connectivity index (χ4v) is 9.69. The van der Waals surface area contributed by atoms with Crippen LogP contribution in [0.25, 0.3) is 82.7 Å². The number of aromatic nitrogens is 3. The molecule has 12 rings (SSSR count). The summed E-state index contributed by atoms with van der Waals surface area (Å²) in [5.41, 5.74) is 14.7. The third kappa shape index (κ3) is 3.45. The Balaban J connectivity index is 1.22. The van der Waals surface area contributed by atoms with Gasteiger partial charge in [-0.1, -0.05) is 146 Å². The first-order valence-corrected chi connectivity index (χ1v) is 17.9. The van der Waals surface area contributed by atoms with E-state index in [1.54, 1.807) is 6.20 Å². The normalized spacial score (nSPS) is 13.5. The number of rotatable bonds is 2. The number of fused-ring (bicyclic) bond motifs is 18. The van der Waals surface area contributed by atoms with E-state index >= 15 is 0 Å². The summed E-state index contributed by atoms with van der Waals surface area (Å²) >= 11 is 0. The summed E-state index contributed by atoms with van der Waals surface area (Å²) in [6, 6.07) is 58.7. The van der Waals surface area contributed by atoms with Gasteiger partial charge >= 0.3 is 0 Å². The monoisotopic (exact) mass is 659 g/mol. The molecule has 0 saturated carbocycles. The molecule has 240 valence electrons. The van der Waals surface area contributed by atoms with E-state index in [1.165, 1.54) is 88.0 Å². The summed E-state index contributed by atoms with van der Waals surface area (Å²) in [5.74, 6) is 0.702. The molecule has 0 aliphatic heterocycles. The zero-order valence-corrected chi connectivity index (χ0v) is 28.1. The van der Waals surface area contributed by atoms with Crippen LogP contribution in [-0.2, 0) is 5.41 Å². The molecule has 0 amide bonds. The summed E-state index contributed by atoms with van der Waals surface area (Å²) in [6.07, 6.45) is 5.82. The van der Waals surface area contributed by atoms with Crippen molar-refractivity contribution in [1.29, 1.82) is 0 Å². The lowest BCUT2D eigenvalue weighted by Gasteiger charge is -2.32. The molecule has 3 heteroatoms. The van der Waals surface area contributed by atoms with Gasteiger partial charge in [-0.2, -0.15) is 0 Å². The Labute approximate surface area is 300 Å². The van der Waals surface area contributed by atoms with E-state index in [1.807, 2.05) is 22.9 Å². The first-order chi connectivity index (χ1) is 25.8. The van der Waals surface area contributed by atoms with Gasteiger partial charge < -0.3 is 0 Å². The molecule has 0 radical (unpaired) electrons. The Morgan fingerprint density at radius 3 is 1.69 bits per heavy atom. The minimum Gasteiger partial charge on any atom is -0.291 e. The lowest BCUT2D eigenvalue weighted by molar-refractivity contribution is 0.803. The standard InChI is InChI=1S/C49H29N3/c1-5-18-38-32(12-1)33-13-3-6-19-39(33)47-46(38)45-37-17-4-2-14-34(37)40(30-22-24-31(25-23-30)44-29-52-27-11-26-50-48(52)51-44)28-43(45)49(47)41-20-9-7-15-35(41)36-16-8-10-21-42(36)49/h1-29H. The SMILES string of the molecule is c1ccc2c(c1)-c1ccccc1C21c2cc(-c3ccc(-c4cn5cccnc5n4)cc3)c3ccccc3c2-c2c1c1ccccc1c1ccccc21. The molecule has 2 heterocycles. The van der Waals surface area contributed by atoms with Crippen molar-refractivity contribution in [3.05, 3.63) is 199 Å². The van der Waals surface area contributed by atoms with Crippen molar-refractivity contribution < 1.29 is 0 Å². The first kappa shape index (κ1) is 27.9. The number of hydrogen-bond donors (Lipinski definition) is 0. The van der Waals surface area contributed by atoms with Crippen LogP contribution in [0.2, 0.25) is 0 Å². The van der Waals surface area contributed by atoms with Gasteiger partial charge in [-0.25, -0.2) is 9.97 Å². The minimum absolute atomic E-state index is 0.496. The molecule has 10 aromatic rings. The Kier molecular flexibility index (Phi) is 5.43. The molecule has 0 atom stereocenters. The first-order valence-electron chi connectivity index (χ1n) is 17.9. The molecule has 2 aliphatic carbocycles. The van der Waals surface area contributed by atoms with Crippen LogP contribution in [0.15, 0.2) is 176 Å². The highest BCUT2D eigenvalue weighted by Crippen LogP contribution is 2.66. The molecule has 2 aliphatic rings. The summed E-state index contributed by atoms with van der Waals surface area (Å²) in [6.45, 7) is 0. The second-order valence-electron chi connectivity index (χ2n) is 14.1. The van der Waals surface area contributed by atoms with E-state index in [4.69, 9.17) is 4.98 Å². The molecule has 0 unspecified atom stereocenters. The third-order valence-electron chi connectivity index (χ3n) is 11.7. The van der Waals surface area contributed by atoms with Crippen molar-refractivity contribution >= 4 is 38.1 Å². The van der Waals surface area contributed by atoms with Crippen molar-refractivity contribution in [2.24, 2.45) is 0 Å². The minimum atomic E-state index is -0.496. The summed E-state index contributed by atoms with van der Waals surface area (Å²) in [7, 11) is 0. The molecule has 2 aromatic heterocycles. The zero-order valence-electron chi connectivity index (χ0n) is 28.1. The highest BCUT2D eigenvalue weighted by Gasteiger charge is 2.53. The number of hydrogen-bond acceptors (Lipinski definition) is 2. The molecule has 1 spiro atoms. The average Bonchev–Trinajstić information content (AvgIpc) is 3.88. The van der Waals surface area contributed by atoms with Gasteiger partial charge in [0.1, 0.15) is 0 Å². The van der Waals surface area contributed by atoms with Gasteiger partial charge in [0, 0.05) is 24.2 Å². The lowest BCUT2D eigenvalue weighted by Crippen LogP contribution is -2.26. The van der Waals surface area contributed by atoms with Crippen molar-refractivity contribution in [3.63, 3.8) is 0 Å². The number of imidazole rings is 1. The van der Waals surface area contributed by atoms with Gasteiger partial charge in [-0.15, -0.1) is 0 Å². The molecule has 0 N–H and O–H groups in total. The Bertz CT molecular complexity index is 3050. The van der Waals surface area contributed by atoms with E-state index in [2.05, 4.69) is 157 Å². The van der Waals surface area contributed by atoms with Gasteiger partial charge in [0.05, 0.1) is 11.1 Å². The maximum absolute atomic E-state index is 4.80. The average molecular weight is 660 g/mol. The van der Waals surface area contributed by atoms with E-state index in [9.17, 15) is 0 Å². The number of benzene rings is 8. The van der Waals surface area contributed by atoms with E-state index in [0.29, 0.717) is 5.78 Å².